The molecule has 5 heteroatoms. The molecule has 1 amide bonds. The first-order valence-corrected chi connectivity index (χ1v) is 6.92. The van der Waals surface area contributed by atoms with E-state index in [9.17, 15) is 4.79 Å². The normalized spacial score (nSPS) is 24.6. The van der Waals surface area contributed by atoms with E-state index in [1.807, 2.05) is 19.2 Å². The Morgan fingerprint density at radius 3 is 3.06 bits per heavy atom. The Morgan fingerprint density at radius 1 is 1.65 bits per heavy atom. The van der Waals surface area contributed by atoms with E-state index in [0.717, 1.165) is 36.5 Å². The SMILES string of the molecule is Cc1nc(CNC(=O)C2(C)CCCCN2)cs1. The van der Waals surface area contributed by atoms with Gasteiger partial charge in [-0.25, -0.2) is 4.98 Å². The fraction of sp³-hybridized carbons (Fsp3) is 0.667. The van der Waals surface area contributed by atoms with Gasteiger partial charge in [-0.05, 0) is 39.7 Å². The van der Waals surface area contributed by atoms with Gasteiger partial charge in [0, 0.05) is 5.38 Å². The third-order valence-electron chi connectivity index (χ3n) is 3.22. The van der Waals surface area contributed by atoms with Crippen molar-refractivity contribution in [2.75, 3.05) is 6.54 Å². The lowest BCUT2D eigenvalue weighted by Crippen LogP contribution is -2.56. The van der Waals surface area contributed by atoms with E-state index in [1.54, 1.807) is 11.3 Å². The van der Waals surface area contributed by atoms with Crippen molar-refractivity contribution in [3.05, 3.63) is 16.1 Å². The van der Waals surface area contributed by atoms with Crippen LogP contribution >= 0.6 is 11.3 Å². The number of aryl methyl sites for hydroxylation is 1. The molecule has 1 saturated heterocycles. The van der Waals surface area contributed by atoms with E-state index in [4.69, 9.17) is 0 Å². The summed E-state index contributed by atoms with van der Waals surface area (Å²) in [6.07, 6.45) is 3.19. The Hall–Kier alpha value is -0.940. The summed E-state index contributed by atoms with van der Waals surface area (Å²) in [5.41, 5.74) is 0.545. The number of aromatic nitrogens is 1. The molecule has 0 bridgehead atoms. The number of hydrogen-bond donors (Lipinski definition) is 2. The zero-order valence-corrected chi connectivity index (χ0v) is 11.2. The zero-order chi connectivity index (χ0) is 12.3. The molecule has 17 heavy (non-hydrogen) atoms. The monoisotopic (exact) mass is 253 g/mol. The van der Waals surface area contributed by atoms with Gasteiger partial charge in [-0.2, -0.15) is 0 Å². The summed E-state index contributed by atoms with van der Waals surface area (Å²) >= 11 is 1.61. The highest BCUT2D eigenvalue weighted by atomic mass is 32.1. The van der Waals surface area contributed by atoms with Crippen molar-refractivity contribution in [1.29, 1.82) is 0 Å². The number of rotatable bonds is 3. The summed E-state index contributed by atoms with van der Waals surface area (Å²) in [6.45, 7) is 5.41. The average molecular weight is 253 g/mol. The smallest absolute Gasteiger partial charge is 0.240 e. The van der Waals surface area contributed by atoms with E-state index < -0.39 is 5.54 Å². The number of thiazole rings is 1. The van der Waals surface area contributed by atoms with Crippen LogP contribution in [0.3, 0.4) is 0 Å². The number of carbonyl (C=O) groups excluding carboxylic acids is 1. The van der Waals surface area contributed by atoms with Crippen molar-refractivity contribution < 1.29 is 4.79 Å². The topological polar surface area (TPSA) is 54.0 Å². The molecule has 2 rings (SSSR count). The van der Waals surface area contributed by atoms with E-state index in [0.29, 0.717) is 6.54 Å². The molecule has 0 radical (unpaired) electrons. The van der Waals surface area contributed by atoms with Gasteiger partial charge in [-0.3, -0.25) is 4.79 Å². The van der Waals surface area contributed by atoms with Crippen LogP contribution in [0.5, 0.6) is 0 Å². The summed E-state index contributed by atoms with van der Waals surface area (Å²) in [5, 5.41) is 9.30. The highest BCUT2D eigenvalue weighted by Crippen LogP contribution is 2.19. The number of nitrogens with zero attached hydrogens (tertiary/aromatic N) is 1. The zero-order valence-electron chi connectivity index (χ0n) is 10.4. The van der Waals surface area contributed by atoms with Crippen LogP contribution in [0.4, 0.5) is 0 Å². The quantitative estimate of drug-likeness (QED) is 0.860. The Labute approximate surface area is 106 Å². The minimum atomic E-state index is -0.399. The molecule has 4 nitrogen and oxygen atoms in total. The standard InChI is InChI=1S/C12H19N3OS/c1-9-15-10(8-17-9)7-13-11(16)12(2)5-3-4-6-14-12/h8,14H,3-7H2,1-2H3,(H,13,16). The van der Waals surface area contributed by atoms with Crippen molar-refractivity contribution in [3.8, 4) is 0 Å². The van der Waals surface area contributed by atoms with E-state index >= 15 is 0 Å². The van der Waals surface area contributed by atoms with Gasteiger partial charge in [0.2, 0.25) is 5.91 Å². The van der Waals surface area contributed by atoms with E-state index in [-0.39, 0.29) is 5.91 Å². The van der Waals surface area contributed by atoms with Gasteiger partial charge in [-0.15, -0.1) is 11.3 Å². The number of piperidine rings is 1. The van der Waals surface area contributed by atoms with Crippen molar-refractivity contribution in [3.63, 3.8) is 0 Å². The van der Waals surface area contributed by atoms with Crippen LogP contribution in [-0.4, -0.2) is 23.0 Å². The van der Waals surface area contributed by atoms with Gasteiger partial charge in [0.25, 0.3) is 0 Å². The van der Waals surface area contributed by atoms with Gasteiger partial charge >= 0.3 is 0 Å². The molecular weight excluding hydrogens is 234 g/mol. The second-order valence-corrected chi connectivity index (χ2v) is 5.82. The fourth-order valence-electron chi connectivity index (χ4n) is 2.11. The van der Waals surface area contributed by atoms with Crippen LogP contribution in [0, 0.1) is 6.92 Å². The van der Waals surface area contributed by atoms with Crippen LogP contribution in [0.1, 0.15) is 36.9 Å². The maximum Gasteiger partial charge on any atom is 0.240 e. The molecule has 1 aromatic heterocycles. The summed E-state index contributed by atoms with van der Waals surface area (Å²) in [5.74, 6) is 0.0860. The molecule has 0 spiro atoms. The third kappa shape index (κ3) is 3.04. The summed E-state index contributed by atoms with van der Waals surface area (Å²) in [7, 11) is 0. The van der Waals surface area contributed by atoms with Crippen molar-refractivity contribution in [2.45, 2.75) is 45.2 Å². The maximum absolute atomic E-state index is 12.1. The first-order valence-electron chi connectivity index (χ1n) is 6.04. The molecule has 1 aliphatic heterocycles. The van der Waals surface area contributed by atoms with Crippen LogP contribution < -0.4 is 10.6 Å². The lowest BCUT2D eigenvalue weighted by atomic mass is 9.90. The predicted octanol–water partition coefficient (Wildman–Crippen LogP) is 1.60. The second-order valence-electron chi connectivity index (χ2n) is 4.76. The summed E-state index contributed by atoms with van der Waals surface area (Å²) < 4.78 is 0. The molecule has 2 N–H and O–H groups in total. The molecule has 1 atom stereocenters. The van der Waals surface area contributed by atoms with Gasteiger partial charge in [-0.1, -0.05) is 0 Å². The first kappa shape index (κ1) is 12.5. The molecule has 0 aliphatic carbocycles. The average Bonchev–Trinajstić information content (AvgIpc) is 2.73. The van der Waals surface area contributed by atoms with Crippen LogP contribution in [-0.2, 0) is 11.3 Å². The maximum atomic E-state index is 12.1. The van der Waals surface area contributed by atoms with Gasteiger partial charge < -0.3 is 10.6 Å². The molecule has 1 aromatic rings. The minimum absolute atomic E-state index is 0.0860. The molecule has 1 aliphatic rings. The van der Waals surface area contributed by atoms with Gasteiger partial charge in [0.15, 0.2) is 0 Å². The van der Waals surface area contributed by atoms with Gasteiger partial charge in [0.1, 0.15) is 0 Å². The van der Waals surface area contributed by atoms with Crippen molar-refractivity contribution >= 4 is 17.2 Å². The fourth-order valence-corrected chi connectivity index (χ4v) is 2.72. The highest BCUT2D eigenvalue weighted by molar-refractivity contribution is 7.09. The number of nitrogens with one attached hydrogen (secondary N) is 2. The lowest BCUT2D eigenvalue weighted by molar-refractivity contribution is -0.128. The van der Waals surface area contributed by atoms with Crippen LogP contribution in [0.25, 0.3) is 0 Å². The first-order chi connectivity index (χ1) is 8.10. The molecule has 0 saturated carbocycles. The van der Waals surface area contributed by atoms with Crippen LogP contribution in [0.2, 0.25) is 0 Å². The highest BCUT2D eigenvalue weighted by Gasteiger charge is 2.33. The van der Waals surface area contributed by atoms with Gasteiger partial charge in [0.05, 0.1) is 22.8 Å². The van der Waals surface area contributed by atoms with Crippen molar-refractivity contribution in [1.82, 2.24) is 15.6 Å². The summed E-state index contributed by atoms with van der Waals surface area (Å²) in [6, 6.07) is 0. The molecule has 2 heterocycles. The van der Waals surface area contributed by atoms with Crippen LogP contribution in [0.15, 0.2) is 5.38 Å². The van der Waals surface area contributed by atoms with Crippen molar-refractivity contribution in [2.24, 2.45) is 0 Å². The Balaban J connectivity index is 1.88. The molecule has 1 unspecified atom stereocenters. The lowest BCUT2D eigenvalue weighted by Gasteiger charge is -2.33. The Kier molecular flexibility index (Phi) is 3.79. The second kappa shape index (κ2) is 5.14. The van der Waals surface area contributed by atoms with E-state index in [1.165, 1.54) is 0 Å². The molecular formula is C12H19N3OS. The van der Waals surface area contributed by atoms with E-state index in [2.05, 4.69) is 15.6 Å². The summed E-state index contributed by atoms with van der Waals surface area (Å²) in [4.78, 5) is 16.4. The largest absolute Gasteiger partial charge is 0.349 e. The molecule has 1 fully saturated rings. The predicted molar refractivity (Wildman–Crippen MR) is 69.0 cm³/mol. The molecule has 0 aromatic carbocycles. The Morgan fingerprint density at radius 2 is 2.47 bits per heavy atom. The number of hydrogen-bond acceptors (Lipinski definition) is 4. The molecule has 94 valence electrons. The minimum Gasteiger partial charge on any atom is -0.349 e. The number of carbonyl (C=O) groups is 1. The number of amides is 1. The Bertz CT molecular complexity index is 396. The third-order valence-corrected chi connectivity index (χ3v) is 4.04.